The molecule has 1 amide bonds. The molecule has 2 aliphatic heterocycles. The van der Waals surface area contributed by atoms with Gasteiger partial charge in [-0.3, -0.25) is 4.79 Å². The molecule has 1 fully saturated rings. The van der Waals surface area contributed by atoms with Crippen LogP contribution in [0.25, 0.3) is 17.0 Å². The normalized spacial score (nSPS) is 18.1. The first kappa shape index (κ1) is 23.9. The second kappa shape index (κ2) is 10.5. The van der Waals surface area contributed by atoms with Crippen molar-refractivity contribution in [3.8, 4) is 0 Å². The van der Waals surface area contributed by atoms with Crippen molar-refractivity contribution >= 4 is 51.3 Å². The number of aliphatic imine (C=N–C) groups is 1. The fourth-order valence-corrected chi connectivity index (χ4v) is 5.51. The molecule has 2 aliphatic rings. The fourth-order valence-electron chi connectivity index (χ4n) is 4.49. The van der Waals surface area contributed by atoms with Gasteiger partial charge in [0.2, 0.25) is 5.91 Å². The van der Waals surface area contributed by atoms with Crippen molar-refractivity contribution < 1.29 is 19.4 Å². The summed E-state index contributed by atoms with van der Waals surface area (Å²) < 4.78 is 7.16. The molecule has 36 heavy (non-hydrogen) atoms. The third-order valence-electron chi connectivity index (χ3n) is 6.23. The number of ether oxygens (including phenoxy) is 1. The lowest BCUT2D eigenvalue weighted by atomic mass is 10.1. The Morgan fingerprint density at radius 2 is 1.81 bits per heavy atom. The van der Waals surface area contributed by atoms with Crippen molar-refractivity contribution in [1.82, 2.24) is 9.47 Å². The molecule has 3 heterocycles. The molecule has 0 unspecified atom stereocenters. The molecule has 1 saturated heterocycles. The zero-order valence-electron chi connectivity index (χ0n) is 20.0. The molecule has 2 aromatic carbocycles. The number of esters is 1. The van der Waals surface area contributed by atoms with E-state index in [0.29, 0.717) is 15.6 Å². The van der Waals surface area contributed by atoms with Crippen molar-refractivity contribution in [2.75, 3.05) is 19.7 Å². The highest BCUT2D eigenvalue weighted by molar-refractivity contribution is 8.18. The molecule has 7 nitrogen and oxygen atoms in total. The Morgan fingerprint density at radius 3 is 2.56 bits per heavy atom. The van der Waals surface area contributed by atoms with Crippen LogP contribution in [0.1, 0.15) is 25.3 Å². The third-order valence-corrected chi connectivity index (χ3v) is 7.25. The van der Waals surface area contributed by atoms with Gasteiger partial charge in [0.1, 0.15) is 22.9 Å². The molecule has 0 bridgehead atoms. The van der Waals surface area contributed by atoms with Crippen LogP contribution < -0.4 is 0 Å². The van der Waals surface area contributed by atoms with E-state index in [1.165, 1.54) is 11.8 Å². The zero-order valence-corrected chi connectivity index (χ0v) is 20.8. The highest BCUT2D eigenvalue weighted by Crippen LogP contribution is 2.41. The van der Waals surface area contributed by atoms with Gasteiger partial charge in [-0.15, -0.1) is 0 Å². The van der Waals surface area contributed by atoms with Gasteiger partial charge >= 0.3 is 5.97 Å². The number of carbonyl (C=O) groups excluding carboxylic acids is 2. The molecular weight excluding hydrogens is 474 g/mol. The van der Waals surface area contributed by atoms with Crippen LogP contribution >= 0.6 is 11.8 Å². The van der Waals surface area contributed by atoms with Crippen LogP contribution in [0.4, 0.5) is 5.69 Å². The Kier molecular flexibility index (Phi) is 6.95. The van der Waals surface area contributed by atoms with Crippen molar-refractivity contribution in [2.45, 2.75) is 26.3 Å². The van der Waals surface area contributed by atoms with E-state index < -0.39 is 5.97 Å². The van der Waals surface area contributed by atoms with Gasteiger partial charge in [-0.1, -0.05) is 48.2 Å². The van der Waals surface area contributed by atoms with E-state index in [-0.39, 0.29) is 30.4 Å². The number of fused-ring (bicyclic) bond motifs is 1. The fraction of sp³-hybridized carbons (Fsp3) is 0.250. The standard InChI is InChI=1S/C28H27N3O4S/c1-2-35-28(34)25-26(33)23(36-27(25)29-20-10-4-3-5-11-20)16-19-17-31(22-13-7-6-12-21(19)22)18-24(32)30-14-8-9-15-30/h3-7,10-13,16-17,33H,2,8-9,14-15,18H2,1H3/b23-16-,29-27?. The quantitative estimate of drug-likeness (QED) is 0.454. The van der Waals surface area contributed by atoms with E-state index in [1.807, 2.05) is 76.3 Å². The molecule has 184 valence electrons. The van der Waals surface area contributed by atoms with Gasteiger partial charge in [-0.25, -0.2) is 9.79 Å². The second-order valence-electron chi connectivity index (χ2n) is 8.62. The summed E-state index contributed by atoms with van der Waals surface area (Å²) >= 11 is 1.22. The summed E-state index contributed by atoms with van der Waals surface area (Å²) in [5, 5.41) is 12.4. The number of aliphatic hydroxyl groups excluding tert-OH is 1. The topological polar surface area (TPSA) is 84.1 Å². The molecule has 0 atom stereocenters. The Labute approximate surface area is 213 Å². The molecule has 1 N–H and O–H groups in total. The maximum Gasteiger partial charge on any atom is 0.344 e. The van der Waals surface area contributed by atoms with E-state index in [9.17, 15) is 14.7 Å². The number of rotatable bonds is 6. The van der Waals surface area contributed by atoms with Crippen molar-refractivity contribution in [2.24, 2.45) is 4.99 Å². The Balaban J connectivity index is 1.53. The second-order valence-corrected chi connectivity index (χ2v) is 9.66. The number of carbonyl (C=O) groups is 2. The summed E-state index contributed by atoms with van der Waals surface area (Å²) in [7, 11) is 0. The molecule has 8 heteroatoms. The number of hydrogen-bond donors (Lipinski definition) is 1. The van der Waals surface area contributed by atoms with Crippen molar-refractivity contribution in [3.63, 3.8) is 0 Å². The SMILES string of the molecule is CCOC(=O)C1=C(O)/C(=C/c2cn(CC(=O)N3CCCC3)c3ccccc23)SC1=Nc1ccccc1. The lowest BCUT2D eigenvalue weighted by molar-refractivity contribution is -0.138. The Morgan fingerprint density at radius 1 is 1.08 bits per heavy atom. The maximum atomic E-state index is 12.8. The molecular formula is C28H27N3O4S. The minimum atomic E-state index is -0.612. The largest absolute Gasteiger partial charge is 0.506 e. The van der Waals surface area contributed by atoms with Gasteiger partial charge in [-0.2, -0.15) is 0 Å². The summed E-state index contributed by atoms with van der Waals surface area (Å²) in [6.45, 7) is 3.79. The number of hydrogen-bond acceptors (Lipinski definition) is 6. The van der Waals surface area contributed by atoms with E-state index in [1.54, 1.807) is 6.92 Å². The van der Waals surface area contributed by atoms with E-state index in [4.69, 9.17) is 4.74 Å². The average molecular weight is 502 g/mol. The Bertz CT molecular complexity index is 1400. The molecule has 3 aromatic rings. The zero-order chi connectivity index (χ0) is 25.1. The van der Waals surface area contributed by atoms with Crippen molar-refractivity contribution in [1.29, 1.82) is 0 Å². The molecule has 0 aliphatic carbocycles. The Hall–Kier alpha value is -3.78. The van der Waals surface area contributed by atoms with Gasteiger partial charge in [0.15, 0.2) is 0 Å². The summed E-state index contributed by atoms with van der Waals surface area (Å²) in [6.07, 6.45) is 5.86. The first-order chi connectivity index (χ1) is 17.5. The lowest BCUT2D eigenvalue weighted by Crippen LogP contribution is -2.30. The number of nitrogens with zero attached hydrogens (tertiary/aromatic N) is 3. The van der Waals surface area contributed by atoms with Gasteiger partial charge in [0.25, 0.3) is 0 Å². The van der Waals surface area contributed by atoms with Crippen LogP contribution in [0.15, 0.2) is 82.0 Å². The first-order valence-corrected chi connectivity index (χ1v) is 12.9. The maximum absolute atomic E-state index is 12.8. The molecule has 5 rings (SSSR count). The van der Waals surface area contributed by atoms with E-state index in [0.717, 1.165) is 42.4 Å². The molecule has 1 aromatic heterocycles. The molecule has 0 saturated carbocycles. The minimum absolute atomic E-state index is 0.0601. The smallest absolute Gasteiger partial charge is 0.344 e. The number of para-hydroxylation sites is 2. The van der Waals surface area contributed by atoms with Gasteiger partial charge in [0, 0.05) is 35.8 Å². The van der Waals surface area contributed by atoms with Crippen LogP contribution in [0.3, 0.4) is 0 Å². The predicted octanol–water partition coefficient (Wildman–Crippen LogP) is 5.46. The van der Waals surface area contributed by atoms with E-state index in [2.05, 4.69) is 4.99 Å². The van der Waals surface area contributed by atoms with Gasteiger partial charge in [-0.05, 0) is 44.0 Å². The van der Waals surface area contributed by atoms with E-state index >= 15 is 0 Å². The predicted molar refractivity (Wildman–Crippen MR) is 143 cm³/mol. The lowest BCUT2D eigenvalue weighted by Gasteiger charge is -2.15. The van der Waals surface area contributed by atoms with Crippen LogP contribution in [0.2, 0.25) is 0 Å². The van der Waals surface area contributed by atoms with Crippen molar-refractivity contribution in [3.05, 3.63) is 82.6 Å². The molecule has 0 radical (unpaired) electrons. The van der Waals surface area contributed by atoms with Crippen LogP contribution in [-0.2, 0) is 20.9 Å². The van der Waals surface area contributed by atoms with Crippen LogP contribution in [-0.4, -0.2) is 51.2 Å². The van der Waals surface area contributed by atoms with Crippen LogP contribution in [0, 0.1) is 0 Å². The van der Waals surface area contributed by atoms with Gasteiger partial charge in [0.05, 0.1) is 17.2 Å². The summed E-state index contributed by atoms with van der Waals surface area (Å²) in [5.74, 6) is -0.662. The number of amides is 1. The first-order valence-electron chi connectivity index (χ1n) is 12.0. The van der Waals surface area contributed by atoms with Crippen LogP contribution in [0.5, 0.6) is 0 Å². The van der Waals surface area contributed by atoms with Gasteiger partial charge < -0.3 is 19.3 Å². The highest BCUT2D eigenvalue weighted by atomic mass is 32.2. The number of likely N-dealkylation sites (tertiary alicyclic amines) is 1. The number of thioether (sulfide) groups is 1. The monoisotopic (exact) mass is 501 g/mol. The number of aliphatic hydroxyl groups is 1. The summed E-state index contributed by atoms with van der Waals surface area (Å²) in [4.78, 5) is 32.6. The minimum Gasteiger partial charge on any atom is -0.506 e. The third kappa shape index (κ3) is 4.81. The number of benzene rings is 2. The average Bonchev–Trinajstić information content (AvgIpc) is 3.60. The highest BCUT2D eigenvalue weighted by Gasteiger charge is 2.33. The number of aromatic nitrogens is 1. The summed E-state index contributed by atoms with van der Waals surface area (Å²) in [6, 6.07) is 17.1. The molecule has 0 spiro atoms. The summed E-state index contributed by atoms with van der Waals surface area (Å²) in [5.41, 5.74) is 2.52.